The van der Waals surface area contributed by atoms with Gasteiger partial charge in [-0.25, -0.2) is 0 Å². The summed E-state index contributed by atoms with van der Waals surface area (Å²) < 4.78 is 0. The Hall–Kier alpha value is -1.44. The molecule has 1 aliphatic rings. The number of rotatable bonds is 13. The number of hydrogen-bond acceptors (Lipinski definition) is 2. The second kappa shape index (κ2) is 12.0. The van der Waals surface area contributed by atoms with E-state index in [0.29, 0.717) is 6.17 Å². The van der Waals surface area contributed by atoms with Crippen molar-refractivity contribution in [2.45, 2.75) is 97.6 Å². The molecule has 0 N–H and O–H groups in total. The largest absolute Gasteiger partial charge is 0.356 e. The summed E-state index contributed by atoms with van der Waals surface area (Å²) in [5, 5.41) is 0. The van der Waals surface area contributed by atoms with E-state index in [2.05, 4.69) is 67.2 Å². The van der Waals surface area contributed by atoms with Gasteiger partial charge in [0.05, 0.1) is 0 Å². The van der Waals surface area contributed by atoms with Crippen LogP contribution in [-0.4, -0.2) is 17.6 Å². The first-order valence-corrected chi connectivity index (χ1v) is 11.1. The van der Waals surface area contributed by atoms with E-state index in [1.54, 1.807) is 0 Å². The van der Waals surface area contributed by atoms with Gasteiger partial charge in [-0.1, -0.05) is 83.8 Å². The summed E-state index contributed by atoms with van der Waals surface area (Å²) in [4.78, 5) is 4.89. The molecule has 0 saturated heterocycles. The number of unbranched alkanes of at least 4 members (excludes halogenated alkanes) is 9. The molecule has 0 amide bonds. The Kier molecular flexibility index (Phi) is 9.66. The van der Waals surface area contributed by atoms with Gasteiger partial charge < -0.3 is 9.80 Å². The van der Waals surface area contributed by atoms with Gasteiger partial charge in [-0.05, 0) is 37.5 Å². The number of nitrogens with zero attached hydrogens (tertiary/aromatic N) is 2. The Morgan fingerprint density at radius 1 is 0.808 bits per heavy atom. The Morgan fingerprint density at radius 2 is 1.46 bits per heavy atom. The highest BCUT2D eigenvalue weighted by Gasteiger charge is 2.22. The zero-order chi connectivity index (χ0) is 18.6. The van der Waals surface area contributed by atoms with Gasteiger partial charge in [0.15, 0.2) is 0 Å². The maximum atomic E-state index is 2.49. The van der Waals surface area contributed by atoms with E-state index in [-0.39, 0.29) is 0 Å². The molecule has 1 atom stereocenters. The molecule has 0 bridgehead atoms. The lowest BCUT2D eigenvalue weighted by atomic mass is 10.1. The van der Waals surface area contributed by atoms with Gasteiger partial charge >= 0.3 is 0 Å². The Morgan fingerprint density at radius 3 is 2.12 bits per heavy atom. The second-order valence-electron chi connectivity index (χ2n) is 7.78. The van der Waals surface area contributed by atoms with E-state index in [4.69, 9.17) is 0 Å². The van der Waals surface area contributed by atoms with E-state index in [1.165, 1.54) is 82.0 Å². The molecule has 26 heavy (non-hydrogen) atoms. The smallest absolute Gasteiger partial charge is 0.102 e. The van der Waals surface area contributed by atoms with Crippen molar-refractivity contribution in [1.82, 2.24) is 4.90 Å². The normalized spacial score (nSPS) is 16.7. The molecule has 0 saturated carbocycles. The van der Waals surface area contributed by atoms with Crippen LogP contribution in [0.1, 0.15) is 90.5 Å². The summed E-state index contributed by atoms with van der Waals surface area (Å²) in [6, 6.07) is 8.95. The zero-order valence-corrected chi connectivity index (χ0v) is 17.4. The van der Waals surface area contributed by atoms with E-state index in [9.17, 15) is 0 Å². The Labute approximate surface area is 162 Å². The maximum Gasteiger partial charge on any atom is 0.102 e. The minimum absolute atomic E-state index is 0.431. The predicted octanol–water partition coefficient (Wildman–Crippen LogP) is 7.11. The fraction of sp³-hybridized carbons (Fsp3) is 0.667. The summed E-state index contributed by atoms with van der Waals surface area (Å²) in [5.74, 6) is 0. The van der Waals surface area contributed by atoms with Gasteiger partial charge in [0.25, 0.3) is 0 Å². The molecule has 146 valence electrons. The van der Waals surface area contributed by atoms with Crippen molar-refractivity contribution in [1.29, 1.82) is 0 Å². The third-order valence-electron chi connectivity index (χ3n) is 5.69. The van der Waals surface area contributed by atoms with Crippen molar-refractivity contribution in [2.75, 3.05) is 11.4 Å². The third-order valence-corrected chi connectivity index (χ3v) is 5.69. The molecule has 1 aromatic rings. The van der Waals surface area contributed by atoms with Crippen LogP contribution >= 0.6 is 0 Å². The van der Waals surface area contributed by atoms with Gasteiger partial charge in [-0.15, -0.1) is 0 Å². The number of benzene rings is 1. The van der Waals surface area contributed by atoms with Crippen LogP contribution in [-0.2, 0) is 6.42 Å². The van der Waals surface area contributed by atoms with Crippen LogP contribution in [0.2, 0.25) is 0 Å². The summed E-state index contributed by atoms with van der Waals surface area (Å²) in [7, 11) is 0. The van der Waals surface area contributed by atoms with Crippen molar-refractivity contribution in [2.24, 2.45) is 0 Å². The lowest BCUT2D eigenvalue weighted by Gasteiger charge is -2.30. The molecular weight excluding hydrogens is 316 g/mol. The summed E-state index contributed by atoms with van der Waals surface area (Å²) in [5.41, 5.74) is 2.73. The van der Waals surface area contributed by atoms with Crippen LogP contribution in [0, 0.1) is 0 Å². The second-order valence-corrected chi connectivity index (χ2v) is 7.78. The van der Waals surface area contributed by atoms with Crippen LogP contribution in [0.3, 0.4) is 0 Å². The van der Waals surface area contributed by atoms with Gasteiger partial charge in [0.1, 0.15) is 6.17 Å². The van der Waals surface area contributed by atoms with E-state index in [1.807, 2.05) is 0 Å². The van der Waals surface area contributed by atoms with Crippen molar-refractivity contribution in [3.8, 4) is 0 Å². The number of anilines is 1. The first-order chi connectivity index (χ1) is 12.8. The SMILES string of the molecule is CCCCCCCCCCCCN1C=CN(c2cccc(CC)c2)C1C. The molecule has 1 heterocycles. The van der Waals surface area contributed by atoms with Crippen molar-refractivity contribution in [3.63, 3.8) is 0 Å². The maximum absolute atomic E-state index is 2.49. The standard InChI is InChI=1S/C24H40N2/c1-4-6-7-8-9-10-11-12-13-14-18-25-19-20-26(22(25)3)24-17-15-16-23(5-2)21-24/h15-17,19-22H,4-14,18H2,1-3H3. The summed E-state index contributed by atoms with van der Waals surface area (Å²) >= 11 is 0. The van der Waals surface area contributed by atoms with Crippen LogP contribution in [0.5, 0.6) is 0 Å². The van der Waals surface area contributed by atoms with Crippen LogP contribution in [0.4, 0.5) is 5.69 Å². The topological polar surface area (TPSA) is 6.48 Å². The molecule has 2 nitrogen and oxygen atoms in total. The monoisotopic (exact) mass is 356 g/mol. The molecule has 0 fully saturated rings. The first kappa shape index (κ1) is 20.9. The van der Waals surface area contributed by atoms with Crippen LogP contribution < -0.4 is 4.90 Å². The molecule has 2 heteroatoms. The lowest BCUT2D eigenvalue weighted by Crippen LogP contribution is -2.36. The average molecular weight is 357 g/mol. The van der Waals surface area contributed by atoms with E-state index < -0.39 is 0 Å². The fourth-order valence-corrected chi connectivity index (χ4v) is 3.85. The van der Waals surface area contributed by atoms with E-state index in [0.717, 1.165) is 6.42 Å². The third kappa shape index (κ3) is 6.70. The molecule has 0 spiro atoms. The number of aryl methyl sites for hydroxylation is 1. The minimum atomic E-state index is 0.431. The molecule has 0 radical (unpaired) electrons. The molecule has 1 aliphatic heterocycles. The Balaban J connectivity index is 1.59. The highest BCUT2D eigenvalue weighted by Crippen LogP contribution is 2.25. The predicted molar refractivity (Wildman–Crippen MR) is 115 cm³/mol. The van der Waals surface area contributed by atoms with Crippen molar-refractivity contribution >= 4 is 5.69 Å². The fourth-order valence-electron chi connectivity index (χ4n) is 3.85. The van der Waals surface area contributed by atoms with Gasteiger partial charge in [0.2, 0.25) is 0 Å². The van der Waals surface area contributed by atoms with Gasteiger partial charge in [0, 0.05) is 24.6 Å². The molecule has 0 aliphatic carbocycles. The molecule has 2 rings (SSSR count). The molecular formula is C24H40N2. The first-order valence-electron chi connectivity index (χ1n) is 11.1. The van der Waals surface area contributed by atoms with Crippen LogP contribution in [0.25, 0.3) is 0 Å². The van der Waals surface area contributed by atoms with Crippen molar-refractivity contribution in [3.05, 3.63) is 42.2 Å². The summed E-state index contributed by atoms with van der Waals surface area (Å²) in [6.45, 7) is 8.00. The molecule has 0 aromatic heterocycles. The molecule has 1 aromatic carbocycles. The highest BCUT2D eigenvalue weighted by molar-refractivity contribution is 5.53. The lowest BCUT2D eigenvalue weighted by molar-refractivity contribution is 0.309. The Bertz CT molecular complexity index is 523. The molecule has 1 unspecified atom stereocenters. The highest BCUT2D eigenvalue weighted by atomic mass is 15.4. The van der Waals surface area contributed by atoms with E-state index >= 15 is 0 Å². The van der Waals surface area contributed by atoms with Crippen LogP contribution in [0.15, 0.2) is 36.7 Å². The van der Waals surface area contributed by atoms with Crippen molar-refractivity contribution < 1.29 is 0 Å². The zero-order valence-electron chi connectivity index (χ0n) is 17.4. The average Bonchev–Trinajstić information content (AvgIpc) is 3.04. The summed E-state index contributed by atoms with van der Waals surface area (Å²) in [6.07, 6.45) is 20.1. The quantitative estimate of drug-likeness (QED) is 0.347. The van der Waals surface area contributed by atoms with Gasteiger partial charge in [-0.2, -0.15) is 0 Å². The minimum Gasteiger partial charge on any atom is -0.356 e. The van der Waals surface area contributed by atoms with Gasteiger partial charge in [-0.3, -0.25) is 0 Å². The number of hydrogen-bond donors (Lipinski definition) is 0.